The maximum Gasteiger partial charge on any atom is 0.237 e. The molecule has 3 atom stereocenters. The Kier molecular flexibility index (Phi) is 10.4. The van der Waals surface area contributed by atoms with Gasteiger partial charge in [0.05, 0.1) is 6.04 Å². The summed E-state index contributed by atoms with van der Waals surface area (Å²) < 4.78 is 0. The predicted octanol–water partition coefficient (Wildman–Crippen LogP) is 1.50. The third-order valence-electron chi connectivity index (χ3n) is 7.76. The monoisotopic (exact) mass is 463 g/mol. The molecule has 33 heavy (non-hydrogen) atoms. The van der Waals surface area contributed by atoms with E-state index in [-0.39, 0.29) is 29.7 Å². The van der Waals surface area contributed by atoms with E-state index in [2.05, 4.69) is 22.9 Å². The Bertz CT molecular complexity index is 636. The number of rotatable bonds is 11. The molecule has 0 saturated carbocycles. The van der Waals surface area contributed by atoms with Crippen LogP contribution in [-0.4, -0.2) is 85.4 Å². The van der Waals surface area contributed by atoms with Gasteiger partial charge in [-0.3, -0.25) is 14.4 Å². The van der Waals surface area contributed by atoms with E-state index in [1.54, 1.807) is 6.92 Å². The molecule has 0 aromatic rings. The van der Waals surface area contributed by atoms with Gasteiger partial charge < -0.3 is 25.8 Å². The van der Waals surface area contributed by atoms with Gasteiger partial charge in [-0.25, -0.2) is 0 Å². The number of amides is 3. The lowest BCUT2D eigenvalue weighted by Crippen LogP contribution is -2.45. The van der Waals surface area contributed by atoms with Crippen molar-refractivity contribution in [2.45, 2.75) is 83.7 Å². The van der Waals surface area contributed by atoms with Crippen LogP contribution in [0.4, 0.5) is 0 Å². The molecule has 3 heterocycles. The summed E-state index contributed by atoms with van der Waals surface area (Å²) in [4.78, 5) is 40.6. The van der Waals surface area contributed by atoms with E-state index in [4.69, 9.17) is 0 Å². The zero-order valence-corrected chi connectivity index (χ0v) is 20.7. The number of likely N-dealkylation sites (tertiary alicyclic amines) is 1. The highest BCUT2D eigenvalue weighted by Crippen LogP contribution is 2.24. The minimum absolute atomic E-state index is 0.0211. The Hall–Kier alpha value is -1.67. The van der Waals surface area contributed by atoms with Crippen molar-refractivity contribution >= 4 is 17.7 Å². The van der Waals surface area contributed by atoms with Crippen LogP contribution in [0.1, 0.15) is 71.6 Å². The zero-order chi connectivity index (χ0) is 23.6. The molecule has 3 aliphatic heterocycles. The van der Waals surface area contributed by atoms with E-state index in [0.29, 0.717) is 25.0 Å². The standard InChI is InChI=1S/C25H45N5O3/c1-3-29(25(33)20-10-15-30(16-11-20)19(2)31)14-8-6-4-5-7-12-27-24(32)23-17-21-18-26-13-9-22(21)28-23/h20-23,26,28H,3-18H2,1-2H3,(H,27,32). The molecule has 0 aromatic heterocycles. The molecule has 3 unspecified atom stereocenters. The van der Waals surface area contributed by atoms with E-state index in [1.165, 1.54) is 0 Å². The van der Waals surface area contributed by atoms with Crippen molar-refractivity contribution in [3.8, 4) is 0 Å². The molecule has 3 N–H and O–H groups in total. The molecule has 0 spiro atoms. The molecule has 8 heteroatoms. The number of fused-ring (bicyclic) bond motifs is 1. The van der Waals surface area contributed by atoms with Crippen molar-refractivity contribution in [1.82, 2.24) is 25.8 Å². The number of nitrogens with zero attached hydrogens (tertiary/aromatic N) is 2. The SMILES string of the molecule is CCN(CCCCCCCNC(=O)C1CC2CNCCC2N1)C(=O)C1CCN(C(C)=O)CC1. The first kappa shape index (κ1) is 25.9. The number of hydrogen-bond donors (Lipinski definition) is 3. The molecular weight excluding hydrogens is 418 g/mol. The Morgan fingerprint density at radius 1 is 1.03 bits per heavy atom. The molecule has 0 aliphatic carbocycles. The summed E-state index contributed by atoms with van der Waals surface area (Å²) >= 11 is 0. The fraction of sp³-hybridized carbons (Fsp3) is 0.880. The van der Waals surface area contributed by atoms with E-state index in [1.807, 2.05) is 9.80 Å². The van der Waals surface area contributed by atoms with Gasteiger partial charge in [-0.05, 0) is 64.5 Å². The third kappa shape index (κ3) is 7.67. The highest BCUT2D eigenvalue weighted by Gasteiger charge is 2.38. The molecule has 0 aromatic carbocycles. The summed E-state index contributed by atoms with van der Waals surface area (Å²) in [5.74, 6) is 1.20. The number of piperidine rings is 2. The Morgan fingerprint density at radius 3 is 2.45 bits per heavy atom. The fourth-order valence-electron chi connectivity index (χ4n) is 5.62. The maximum absolute atomic E-state index is 12.8. The number of carbonyl (C=O) groups is 3. The topological polar surface area (TPSA) is 93.8 Å². The van der Waals surface area contributed by atoms with Crippen LogP contribution in [-0.2, 0) is 14.4 Å². The Labute approximate surface area is 199 Å². The van der Waals surface area contributed by atoms with Gasteiger partial charge in [0, 0.05) is 51.6 Å². The normalized spacial score (nSPS) is 25.5. The average molecular weight is 464 g/mol. The van der Waals surface area contributed by atoms with Gasteiger partial charge in [0.1, 0.15) is 0 Å². The molecular formula is C25H45N5O3. The van der Waals surface area contributed by atoms with Gasteiger partial charge in [-0.15, -0.1) is 0 Å². The van der Waals surface area contributed by atoms with E-state index in [0.717, 1.165) is 90.5 Å². The highest BCUT2D eigenvalue weighted by molar-refractivity contribution is 5.82. The Morgan fingerprint density at radius 2 is 1.76 bits per heavy atom. The lowest BCUT2D eigenvalue weighted by molar-refractivity contribution is -0.140. The molecule has 0 bridgehead atoms. The minimum Gasteiger partial charge on any atom is -0.355 e. The predicted molar refractivity (Wildman–Crippen MR) is 130 cm³/mol. The van der Waals surface area contributed by atoms with Crippen LogP contribution in [0, 0.1) is 11.8 Å². The first-order valence-corrected chi connectivity index (χ1v) is 13.3. The maximum atomic E-state index is 12.8. The molecule has 188 valence electrons. The van der Waals surface area contributed by atoms with Gasteiger partial charge in [-0.2, -0.15) is 0 Å². The quantitative estimate of drug-likeness (QED) is 0.404. The van der Waals surface area contributed by atoms with Crippen molar-refractivity contribution in [1.29, 1.82) is 0 Å². The molecule has 0 radical (unpaired) electrons. The largest absolute Gasteiger partial charge is 0.355 e. The van der Waals surface area contributed by atoms with E-state index < -0.39 is 0 Å². The van der Waals surface area contributed by atoms with Crippen LogP contribution in [0.15, 0.2) is 0 Å². The number of hydrogen-bond acceptors (Lipinski definition) is 5. The summed E-state index contributed by atoms with van der Waals surface area (Å²) in [6.07, 6.45) is 9.04. The number of carbonyl (C=O) groups excluding carboxylic acids is 3. The molecule has 3 aliphatic rings. The first-order valence-electron chi connectivity index (χ1n) is 13.3. The number of nitrogens with one attached hydrogen (secondary N) is 3. The third-order valence-corrected chi connectivity index (χ3v) is 7.76. The summed E-state index contributed by atoms with van der Waals surface area (Å²) in [5.41, 5.74) is 0. The van der Waals surface area contributed by atoms with Gasteiger partial charge in [0.25, 0.3) is 0 Å². The van der Waals surface area contributed by atoms with Crippen LogP contribution in [0.25, 0.3) is 0 Å². The highest BCUT2D eigenvalue weighted by atomic mass is 16.2. The lowest BCUT2D eigenvalue weighted by Gasteiger charge is -2.33. The second-order valence-electron chi connectivity index (χ2n) is 10.1. The fourth-order valence-corrected chi connectivity index (χ4v) is 5.62. The summed E-state index contributed by atoms with van der Waals surface area (Å²) in [6.45, 7) is 9.47. The molecule has 3 saturated heterocycles. The van der Waals surface area contributed by atoms with Gasteiger partial charge in [-0.1, -0.05) is 19.3 Å². The summed E-state index contributed by atoms with van der Waals surface area (Å²) in [6, 6.07) is 0.483. The molecule has 8 nitrogen and oxygen atoms in total. The van der Waals surface area contributed by atoms with Crippen LogP contribution < -0.4 is 16.0 Å². The van der Waals surface area contributed by atoms with Crippen molar-refractivity contribution in [2.24, 2.45) is 11.8 Å². The average Bonchev–Trinajstić information content (AvgIpc) is 3.27. The Balaban J connectivity index is 1.20. The van der Waals surface area contributed by atoms with Crippen LogP contribution in [0.2, 0.25) is 0 Å². The summed E-state index contributed by atoms with van der Waals surface area (Å²) in [5, 5.41) is 10.1. The van der Waals surface area contributed by atoms with Gasteiger partial charge in [0.15, 0.2) is 0 Å². The smallest absolute Gasteiger partial charge is 0.237 e. The van der Waals surface area contributed by atoms with Gasteiger partial charge in [0.2, 0.25) is 17.7 Å². The summed E-state index contributed by atoms with van der Waals surface area (Å²) in [7, 11) is 0. The second kappa shape index (κ2) is 13.3. The minimum atomic E-state index is -0.0211. The van der Waals surface area contributed by atoms with Crippen molar-refractivity contribution in [2.75, 3.05) is 45.8 Å². The molecule has 3 fully saturated rings. The van der Waals surface area contributed by atoms with Crippen LogP contribution >= 0.6 is 0 Å². The van der Waals surface area contributed by atoms with Crippen LogP contribution in [0.3, 0.4) is 0 Å². The van der Waals surface area contributed by atoms with Crippen molar-refractivity contribution < 1.29 is 14.4 Å². The van der Waals surface area contributed by atoms with E-state index in [9.17, 15) is 14.4 Å². The molecule has 3 amide bonds. The van der Waals surface area contributed by atoms with Crippen molar-refractivity contribution in [3.63, 3.8) is 0 Å². The van der Waals surface area contributed by atoms with Crippen LogP contribution in [0.5, 0.6) is 0 Å². The van der Waals surface area contributed by atoms with Crippen molar-refractivity contribution in [3.05, 3.63) is 0 Å². The van der Waals surface area contributed by atoms with Gasteiger partial charge >= 0.3 is 0 Å². The second-order valence-corrected chi connectivity index (χ2v) is 10.1. The first-order chi connectivity index (χ1) is 16.0. The zero-order valence-electron chi connectivity index (χ0n) is 20.7. The molecule has 3 rings (SSSR count). The lowest BCUT2D eigenvalue weighted by atomic mass is 9.94. The van der Waals surface area contributed by atoms with E-state index >= 15 is 0 Å². The number of unbranched alkanes of at least 4 members (excludes halogenated alkanes) is 4.